The predicted octanol–water partition coefficient (Wildman–Crippen LogP) is 4.67. The number of primary amides is 1. The number of piperidine rings is 2. The molecule has 0 bridgehead atoms. The monoisotopic (exact) mass is 627 g/mol. The number of Topliss-reactive ketones (excluding diaryl/α,β-unsaturated/α-hetero) is 2. The van der Waals surface area contributed by atoms with Crippen molar-refractivity contribution in [1.29, 1.82) is 0 Å². The van der Waals surface area contributed by atoms with Gasteiger partial charge in [0.15, 0.2) is 11.6 Å². The van der Waals surface area contributed by atoms with Crippen molar-refractivity contribution in [1.82, 2.24) is 9.97 Å². The van der Waals surface area contributed by atoms with E-state index in [1.807, 2.05) is 41.5 Å². The molecule has 0 saturated carbocycles. The van der Waals surface area contributed by atoms with Gasteiger partial charge in [-0.2, -0.15) is 0 Å². The van der Waals surface area contributed by atoms with Gasteiger partial charge in [-0.25, -0.2) is 9.97 Å². The van der Waals surface area contributed by atoms with Crippen molar-refractivity contribution in [2.24, 2.45) is 39.9 Å². The van der Waals surface area contributed by atoms with Crippen LogP contribution in [0.2, 0.25) is 0 Å². The number of carbonyl (C=O) groups excluding carboxylic acids is 3. The maximum atomic E-state index is 12.7. The molecule has 2 aliphatic heterocycles. The minimum absolute atomic E-state index is 0.113. The van der Waals surface area contributed by atoms with Crippen LogP contribution in [0, 0.1) is 22.7 Å². The number of carbonyl (C=O) groups is 3. The third kappa shape index (κ3) is 7.95. The minimum atomic E-state index is -0.442. The molecule has 2 aromatic rings. The molecule has 2 aromatic heterocycles. The zero-order valence-electron chi connectivity index (χ0n) is 27.5. The van der Waals surface area contributed by atoms with E-state index in [0.29, 0.717) is 29.6 Å². The first kappa shape index (κ1) is 34.2. The molecule has 0 radical (unpaired) electrons. The van der Waals surface area contributed by atoms with Crippen LogP contribution in [0.1, 0.15) is 103 Å². The summed E-state index contributed by atoms with van der Waals surface area (Å²) in [5.41, 5.74) is 19.1. The molecule has 2 saturated heterocycles. The lowest BCUT2D eigenvalue weighted by atomic mass is 9.83. The van der Waals surface area contributed by atoms with Gasteiger partial charge in [-0.1, -0.05) is 41.5 Å². The third-order valence-corrected chi connectivity index (χ3v) is 10.6. The molecule has 2 fully saturated rings. The van der Waals surface area contributed by atoms with Gasteiger partial charge >= 0.3 is 0 Å². The number of rotatable bonds is 11. The standard InChI is InChI=1S/C33H53N7O3S/c1-32(2,3)28(41)22(34)9-7-20-11-15-39(16-12-20)25-24-26(44-27(25)30(36)43)31(38-19-37-24)40-17-13-21(14-18-40)8-10-23(35)29(42)33(4,5)6/h19-23H,7-18,34-35H2,1-6H3,(H2,36,43). The molecule has 0 aliphatic carbocycles. The molecule has 6 N–H and O–H groups in total. The third-order valence-electron chi connectivity index (χ3n) is 9.42. The lowest BCUT2D eigenvalue weighted by Crippen LogP contribution is -2.40. The summed E-state index contributed by atoms with van der Waals surface area (Å²) in [7, 11) is 0. The van der Waals surface area contributed by atoms with E-state index in [0.717, 1.165) is 86.4 Å². The molecule has 10 nitrogen and oxygen atoms in total. The normalized spacial score (nSPS) is 18.9. The van der Waals surface area contributed by atoms with Crippen LogP contribution in [-0.4, -0.2) is 65.7 Å². The Morgan fingerprint density at radius 2 is 1.27 bits per heavy atom. The summed E-state index contributed by atoms with van der Waals surface area (Å²) >= 11 is 1.40. The van der Waals surface area contributed by atoms with Gasteiger partial charge in [0, 0.05) is 37.0 Å². The van der Waals surface area contributed by atoms with Gasteiger partial charge in [-0.15, -0.1) is 11.3 Å². The highest BCUT2D eigenvalue weighted by atomic mass is 32.1. The number of hydrogen-bond acceptors (Lipinski definition) is 10. The van der Waals surface area contributed by atoms with Gasteiger partial charge < -0.3 is 27.0 Å². The Labute approximate surface area is 266 Å². The Morgan fingerprint density at radius 3 is 1.70 bits per heavy atom. The Hall–Kier alpha value is -2.63. The van der Waals surface area contributed by atoms with Gasteiger partial charge in [0.25, 0.3) is 5.91 Å². The molecule has 2 unspecified atom stereocenters. The first-order chi connectivity index (χ1) is 20.6. The van der Waals surface area contributed by atoms with Crippen LogP contribution in [0.3, 0.4) is 0 Å². The van der Waals surface area contributed by atoms with Crippen LogP contribution < -0.4 is 27.0 Å². The average Bonchev–Trinajstić information content (AvgIpc) is 3.38. The molecular formula is C33H53N7O3S. The van der Waals surface area contributed by atoms with Crippen molar-refractivity contribution in [3.63, 3.8) is 0 Å². The van der Waals surface area contributed by atoms with E-state index in [2.05, 4.69) is 19.8 Å². The Kier molecular flexibility index (Phi) is 10.7. The maximum Gasteiger partial charge on any atom is 0.261 e. The zero-order valence-corrected chi connectivity index (χ0v) is 28.3. The minimum Gasteiger partial charge on any atom is -0.368 e. The molecule has 244 valence electrons. The van der Waals surface area contributed by atoms with Crippen molar-refractivity contribution in [2.45, 2.75) is 105 Å². The number of ketones is 2. The highest BCUT2D eigenvalue weighted by molar-refractivity contribution is 7.22. The van der Waals surface area contributed by atoms with Crippen LogP contribution in [0.15, 0.2) is 6.33 Å². The molecule has 0 spiro atoms. The zero-order chi connectivity index (χ0) is 32.4. The fourth-order valence-electron chi connectivity index (χ4n) is 6.65. The van der Waals surface area contributed by atoms with Gasteiger partial charge in [0.1, 0.15) is 22.5 Å². The summed E-state index contributed by atoms with van der Waals surface area (Å²) in [6.45, 7) is 14.8. The fraction of sp³-hybridized carbons (Fsp3) is 0.727. The van der Waals surface area contributed by atoms with E-state index >= 15 is 0 Å². The number of fused-ring (bicyclic) bond motifs is 1. The Balaban J connectivity index is 1.40. The van der Waals surface area contributed by atoms with Crippen LogP contribution in [0.5, 0.6) is 0 Å². The van der Waals surface area contributed by atoms with Gasteiger partial charge in [-0.3, -0.25) is 14.4 Å². The predicted molar refractivity (Wildman–Crippen MR) is 179 cm³/mol. The quantitative estimate of drug-likeness (QED) is 0.321. The molecule has 2 aliphatic rings. The number of amides is 1. The Bertz CT molecular complexity index is 1330. The summed E-state index contributed by atoms with van der Waals surface area (Å²) in [4.78, 5) is 52.1. The van der Waals surface area contributed by atoms with Crippen LogP contribution in [-0.2, 0) is 9.59 Å². The smallest absolute Gasteiger partial charge is 0.261 e. The molecule has 1 amide bonds. The van der Waals surface area contributed by atoms with Crippen molar-refractivity contribution in [2.75, 3.05) is 36.0 Å². The van der Waals surface area contributed by atoms with E-state index in [1.54, 1.807) is 6.33 Å². The van der Waals surface area contributed by atoms with E-state index in [4.69, 9.17) is 17.2 Å². The van der Waals surface area contributed by atoms with Crippen molar-refractivity contribution in [3.8, 4) is 0 Å². The van der Waals surface area contributed by atoms with Crippen molar-refractivity contribution in [3.05, 3.63) is 11.2 Å². The number of thiophene rings is 1. The number of nitrogens with zero attached hydrogens (tertiary/aromatic N) is 4. The highest BCUT2D eigenvalue weighted by Crippen LogP contribution is 2.43. The number of aromatic nitrogens is 2. The summed E-state index contributed by atoms with van der Waals surface area (Å²) < 4.78 is 0.904. The second-order valence-corrected chi connectivity index (χ2v) is 16.0. The number of nitrogens with two attached hydrogens (primary N) is 3. The van der Waals surface area contributed by atoms with E-state index < -0.39 is 28.8 Å². The maximum absolute atomic E-state index is 12.7. The van der Waals surface area contributed by atoms with E-state index in [-0.39, 0.29) is 11.6 Å². The van der Waals surface area contributed by atoms with Gasteiger partial charge in [0.05, 0.1) is 22.5 Å². The van der Waals surface area contributed by atoms with Gasteiger partial charge in [0.2, 0.25) is 0 Å². The molecular weight excluding hydrogens is 574 g/mol. The molecule has 4 heterocycles. The SMILES string of the molecule is CC(C)(C)C(=O)C(N)CCC1CCN(c2c(C(N)=O)sc3c(N4CCC(CCC(N)C(=O)C(C)(C)C)CC4)ncnc23)CC1. The van der Waals surface area contributed by atoms with Crippen molar-refractivity contribution < 1.29 is 14.4 Å². The molecule has 2 atom stereocenters. The first-order valence-corrected chi connectivity index (χ1v) is 17.1. The number of anilines is 2. The lowest BCUT2D eigenvalue weighted by molar-refractivity contribution is -0.128. The van der Waals surface area contributed by atoms with E-state index in [1.165, 1.54) is 11.3 Å². The second kappa shape index (κ2) is 13.8. The molecule has 0 aromatic carbocycles. The fourth-order valence-corrected chi connectivity index (χ4v) is 7.80. The average molecular weight is 628 g/mol. The lowest BCUT2D eigenvalue weighted by Gasteiger charge is -2.34. The second-order valence-electron chi connectivity index (χ2n) is 15.0. The van der Waals surface area contributed by atoms with Crippen LogP contribution in [0.4, 0.5) is 11.5 Å². The van der Waals surface area contributed by atoms with Gasteiger partial charge in [-0.05, 0) is 63.2 Å². The summed E-state index contributed by atoms with van der Waals surface area (Å²) in [6.07, 6.45) is 8.80. The highest BCUT2D eigenvalue weighted by Gasteiger charge is 2.32. The molecule has 44 heavy (non-hydrogen) atoms. The van der Waals surface area contributed by atoms with Crippen molar-refractivity contribution >= 4 is 50.5 Å². The van der Waals surface area contributed by atoms with Crippen LogP contribution in [0.25, 0.3) is 10.2 Å². The molecule has 4 rings (SSSR count). The summed E-state index contributed by atoms with van der Waals surface area (Å²) in [5.74, 6) is 1.66. The van der Waals surface area contributed by atoms with E-state index in [9.17, 15) is 14.4 Å². The first-order valence-electron chi connectivity index (χ1n) is 16.2. The topological polar surface area (TPSA) is 162 Å². The largest absolute Gasteiger partial charge is 0.368 e. The summed E-state index contributed by atoms with van der Waals surface area (Å²) in [5, 5.41) is 0. The van der Waals surface area contributed by atoms with Crippen LogP contribution >= 0.6 is 11.3 Å². The Morgan fingerprint density at radius 1 is 0.818 bits per heavy atom. The molecule has 11 heteroatoms. The number of hydrogen-bond donors (Lipinski definition) is 3. The summed E-state index contributed by atoms with van der Waals surface area (Å²) in [6, 6.07) is -0.836.